The Morgan fingerprint density at radius 1 is 1.42 bits per heavy atom. The summed E-state index contributed by atoms with van der Waals surface area (Å²) in [5, 5.41) is 6.89. The molecule has 6 nitrogen and oxygen atoms in total. The zero-order chi connectivity index (χ0) is 17.2. The molecule has 0 saturated carbocycles. The summed E-state index contributed by atoms with van der Waals surface area (Å²) in [5.74, 6) is 1.87. The first-order chi connectivity index (χ1) is 11.7. The summed E-state index contributed by atoms with van der Waals surface area (Å²) in [4.78, 5) is 6.80. The molecule has 2 N–H and O–H groups in total. The summed E-state index contributed by atoms with van der Waals surface area (Å²) in [5.41, 5.74) is 0. The number of nitrogens with one attached hydrogen (secondary N) is 2. The average molecular weight is 336 g/mol. The van der Waals surface area contributed by atoms with Crippen molar-refractivity contribution in [3.8, 4) is 0 Å². The van der Waals surface area contributed by atoms with E-state index in [9.17, 15) is 0 Å². The van der Waals surface area contributed by atoms with Crippen LogP contribution in [0.2, 0.25) is 0 Å². The van der Waals surface area contributed by atoms with Gasteiger partial charge in [-0.05, 0) is 38.8 Å². The minimum absolute atomic E-state index is 0.319. The summed E-state index contributed by atoms with van der Waals surface area (Å²) in [6.45, 7) is 9.07. The average Bonchev–Trinajstić information content (AvgIpc) is 3.08. The molecule has 6 heteroatoms. The van der Waals surface area contributed by atoms with Gasteiger partial charge in [-0.25, -0.2) is 0 Å². The van der Waals surface area contributed by atoms with Crippen LogP contribution in [0.25, 0.3) is 0 Å². The lowest BCUT2D eigenvalue weighted by atomic mass is 10.1. The second-order valence-electron chi connectivity index (χ2n) is 6.51. The van der Waals surface area contributed by atoms with Crippen molar-refractivity contribution in [2.24, 2.45) is 4.99 Å². The topological polar surface area (TPSA) is 62.0 Å². The normalized spacial score (nSPS) is 17.4. The Morgan fingerprint density at radius 2 is 2.21 bits per heavy atom. The van der Waals surface area contributed by atoms with Crippen molar-refractivity contribution in [2.45, 2.75) is 45.3 Å². The number of piperidine rings is 1. The van der Waals surface area contributed by atoms with Gasteiger partial charge in [0.05, 0.1) is 19.0 Å². The van der Waals surface area contributed by atoms with Gasteiger partial charge in [0.2, 0.25) is 0 Å². The standard InChI is InChI=1S/C18H32N4O2/c1-15(2)23-14-12-22-10-7-16(8-11-22)21-18(19-3)20-9-6-17-5-4-13-24-17/h4-5,13,15-16H,6-12,14H2,1-3H3,(H2,19,20,21). The third kappa shape index (κ3) is 6.93. The van der Waals surface area contributed by atoms with Crippen molar-refractivity contribution in [3.05, 3.63) is 24.2 Å². The van der Waals surface area contributed by atoms with Crippen molar-refractivity contribution < 1.29 is 9.15 Å². The van der Waals surface area contributed by atoms with Crippen LogP contribution in [-0.4, -0.2) is 62.8 Å². The summed E-state index contributed by atoms with van der Waals surface area (Å²) < 4.78 is 11.0. The lowest BCUT2D eigenvalue weighted by Gasteiger charge is -2.33. The van der Waals surface area contributed by atoms with Crippen molar-refractivity contribution in [1.29, 1.82) is 0 Å². The van der Waals surface area contributed by atoms with Gasteiger partial charge in [0.15, 0.2) is 5.96 Å². The van der Waals surface area contributed by atoms with Gasteiger partial charge in [-0.2, -0.15) is 0 Å². The monoisotopic (exact) mass is 336 g/mol. The Hall–Kier alpha value is -1.53. The van der Waals surface area contributed by atoms with Crippen molar-refractivity contribution >= 4 is 5.96 Å². The lowest BCUT2D eigenvalue weighted by Crippen LogP contribution is -2.49. The van der Waals surface area contributed by atoms with E-state index in [-0.39, 0.29) is 0 Å². The van der Waals surface area contributed by atoms with Gasteiger partial charge < -0.3 is 24.7 Å². The molecule has 136 valence electrons. The summed E-state index contributed by atoms with van der Waals surface area (Å²) >= 11 is 0. The highest BCUT2D eigenvalue weighted by atomic mass is 16.5. The zero-order valence-electron chi connectivity index (χ0n) is 15.3. The lowest BCUT2D eigenvalue weighted by molar-refractivity contribution is 0.0532. The highest BCUT2D eigenvalue weighted by Crippen LogP contribution is 2.10. The first kappa shape index (κ1) is 18.8. The van der Waals surface area contributed by atoms with E-state index in [1.807, 2.05) is 19.2 Å². The molecular weight excluding hydrogens is 304 g/mol. The molecule has 24 heavy (non-hydrogen) atoms. The molecule has 1 fully saturated rings. The summed E-state index contributed by atoms with van der Waals surface area (Å²) in [7, 11) is 1.82. The fourth-order valence-electron chi connectivity index (χ4n) is 2.87. The van der Waals surface area contributed by atoms with E-state index in [1.54, 1.807) is 6.26 Å². The number of likely N-dealkylation sites (tertiary alicyclic amines) is 1. The number of aliphatic imine (C=N–C) groups is 1. The first-order valence-corrected chi connectivity index (χ1v) is 9.01. The van der Waals surface area contributed by atoms with Crippen LogP contribution in [0, 0.1) is 0 Å². The predicted molar refractivity (Wildman–Crippen MR) is 97.5 cm³/mol. The van der Waals surface area contributed by atoms with Crippen LogP contribution < -0.4 is 10.6 Å². The Kier molecular flexibility index (Phi) is 8.12. The molecule has 1 aliphatic rings. The highest BCUT2D eigenvalue weighted by Gasteiger charge is 2.19. The number of nitrogens with zero attached hydrogens (tertiary/aromatic N) is 2. The van der Waals surface area contributed by atoms with Crippen LogP contribution in [-0.2, 0) is 11.2 Å². The Bertz CT molecular complexity index is 465. The second kappa shape index (κ2) is 10.4. The molecule has 0 amide bonds. The van der Waals surface area contributed by atoms with E-state index < -0.39 is 0 Å². The molecule has 0 spiro atoms. The van der Waals surface area contributed by atoms with Crippen LogP contribution in [0.1, 0.15) is 32.4 Å². The Morgan fingerprint density at radius 3 is 2.83 bits per heavy atom. The molecular formula is C18H32N4O2. The van der Waals surface area contributed by atoms with E-state index in [2.05, 4.69) is 34.4 Å². The number of guanidine groups is 1. The van der Waals surface area contributed by atoms with Crippen LogP contribution in [0.15, 0.2) is 27.8 Å². The van der Waals surface area contributed by atoms with Gasteiger partial charge in [-0.15, -0.1) is 0 Å². The highest BCUT2D eigenvalue weighted by molar-refractivity contribution is 5.79. The van der Waals surface area contributed by atoms with Crippen LogP contribution in [0.3, 0.4) is 0 Å². The van der Waals surface area contributed by atoms with E-state index in [0.717, 1.165) is 63.8 Å². The molecule has 0 aromatic carbocycles. The Labute approximate surface area is 145 Å². The molecule has 0 unspecified atom stereocenters. The number of hydrogen-bond acceptors (Lipinski definition) is 4. The number of hydrogen-bond donors (Lipinski definition) is 2. The van der Waals surface area contributed by atoms with Crippen LogP contribution in [0.5, 0.6) is 0 Å². The predicted octanol–water partition coefficient (Wildman–Crippen LogP) is 1.88. The van der Waals surface area contributed by atoms with E-state index in [0.29, 0.717) is 12.1 Å². The summed E-state index contributed by atoms with van der Waals surface area (Å²) in [6, 6.07) is 4.40. The molecule has 0 radical (unpaired) electrons. The van der Waals surface area contributed by atoms with Crippen molar-refractivity contribution in [1.82, 2.24) is 15.5 Å². The van der Waals surface area contributed by atoms with Gasteiger partial charge in [0.1, 0.15) is 5.76 Å². The molecule has 0 aliphatic carbocycles. The van der Waals surface area contributed by atoms with Crippen LogP contribution in [0.4, 0.5) is 0 Å². The second-order valence-corrected chi connectivity index (χ2v) is 6.51. The van der Waals surface area contributed by atoms with Gasteiger partial charge in [-0.3, -0.25) is 4.99 Å². The van der Waals surface area contributed by atoms with E-state index >= 15 is 0 Å². The van der Waals surface area contributed by atoms with Crippen LogP contribution >= 0.6 is 0 Å². The van der Waals surface area contributed by atoms with Crippen molar-refractivity contribution in [3.63, 3.8) is 0 Å². The van der Waals surface area contributed by atoms with E-state index in [4.69, 9.17) is 9.15 Å². The fourth-order valence-corrected chi connectivity index (χ4v) is 2.87. The number of ether oxygens (including phenoxy) is 1. The molecule has 1 aliphatic heterocycles. The van der Waals surface area contributed by atoms with Crippen molar-refractivity contribution in [2.75, 3.05) is 39.8 Å². The molecule has 2 rings (SSSR count). The maximum atomic E-state index is 5.63. The van der Waals surface area contributed by atoms with Gasteiger partial charge >= 0.3 is 0 Å². The minimum Gasteiger partial charge on any atom is -0.469 e. The number of furan rings is 1. The SMILES string of the molecule is CN=C(NCCc1ccco1)NC1CCN(CCOC(C)C)CC1. The third-order valence-corrected chi connectivity index (χ3v) is 4.25. The molecule has 0 atom stereocenters. The zero-order valence-corrected chi connectivity index (χ0v) is 15.3. The largest absolute Gasteiger partial charge is 0.469 e. The Balaban J connectivity index is 1.60. The molecule has 1 aromatic heterocycles. The van der Waals surface area contributed by atoms with Gasteiger partial charge in [0.25, 0.3) is 0 Å². The fraction of sp³-hybridized carbons (Fsp3) is 0.722. The molecule has 2 heterocycles. The quantitative estimate of drug-likeness (QED) is 0.561. The maximum absolute atomic E-state index is 5.63. The maximum Gasteiger partial charge on any atom is 0.191 e. The van der Waals surface area contributed by atoms with Gasteiger partial charge in [-0.1, -0.05) is 0 Å². The molecule has 0 bridgehead atoms. The summed E-state index contributed by atoms with van der Waals surface area (Å²) in [6.07, 6.45) is 5.17. The minimum atomic E-state index is 0.319. The number of rotatable bonds is 8. The molecule has 1 aromatic rings. The third-order valence-electron chi connectivity index (χ3n) is 4.25. The smallest absolute Gasteiger partial charge is 0.191 e. The first-order valence-electron chi connectivity index (χ1n) is 9.01. The van der Waals surface area contributed by atoms with E-state index in [1.165, 1.54) is 0 Å². The van der Waals surface area contributed by atoms with Gasteiger partial charge in [0, 0.05) is 45.7 Å². The molecule has 1 saturated heterocycles.